The van der Waals surface area contributed by atoms with E-state index < -0.39 is 0 Å². The lowest BCUT2D eigenvalue weighted by Gasteiger charge is -2.03. The molecule has 0 fully saturated rings. The molecule has 0 saturated carbocycles. The van der Waals surface area contributed by atoms with Crippen LogP contribution in [0.2, 0.25) is 0 Å². The van der Waals surface area contributed by atoms with Gasteiger partial charge in [0.2, 0.25) is 0 Å². The van der Waals surface area contributed by atoms with E-state index in [0.717, 1.165) is 23.9 Å². The SMILES string of the molecule is CCCc1nc(CBr)c2cccc(C)n12. The fraction of sp³-hybridized carbons (Fsp3) is 0.417. The lowest BCUT2D eigenvalue weighted by atomic mass is 10.3. The zero-order valence-electron chi connectivity index (χ0n) is 9.13. The molecule has 2 aromatic heterocycles. The van der Waals surface area contributed by atoms with Gasteiger partial charge in [0.25, 0.3) is 0 Å². The van der Waals surface area contributed by atoms with E-state index in [2.05, 4.69) is 57.4 Å². The van der Waals surface area contributed by atoms with Crippen molar-refractivity contribution in [2.24, 2.45) is 0 Å². The Hall–Kier alpha value is -0.830. The molecule has 0 amide bonds. The maximum Gasteiger partial charge on any atom is 0.113 e. The van der Waals surface area contributed by atoms with Gasteiger partial charge < -0.3 is 4.40 Å². The Bertz CT molecular complexity index is 474. The van der Waals surface area contributed by atoms with E-state index in [4.69, 9.17) is 0 Å². The van der Waals surface area contributed by atoms with E-state index >= 15 is 0 Å². The summed E-state index contributed by atoms with van der Waals surface area (Å²) in [5.74, 6) is 1.18. The van der Waals surface area contributed by atoms with Gasteiger partial charge in [-0.25, -0.2) is 4.98 Å². The van der Waals surface area contributed by atoms with E-state index in [9.17, 15) is 0 Å². The Morgan fingerprint density at radius 1 is 1.40 bits per heavy atom. The number of nitrogens with zero attached hydrogens (tertiary/aromatic N) is 2. The summed E-state index contributed by atoms with van der Waals surface area (Å²) in [4.78, 5) is 4.67. The van der Waals surface area contributed by atoms with Crippen LogP contribution in [0.5, 0.6) is 0 Å². The fourth-order valence-electron chi connectivity index (χ4n) is 1.94. The smallest absolute Gasteiger partial charge is 0.113 e. The van der Waals surface area contributed by atoms with Crippen LogP contribution in [0.4, 0.5) is 0 Å². The van der Waals surface area contributed by atoms with Crippen LogP contribution in [-0.4, -0.2) is 9.38 Å². The van der Waals surface area contributed by atoms with Gasteiger partial charge in [-0.3, -0.25) is 0 Å². The van der Waals surface area contributed by atoms with Gasteiger partial charge in [-0.2, -0.15) is 0 Å². The third-order valence-electron chi connectivity index (χ3n) is 2.60. The monoisotopic (exact) mass is 266 g/mol. The van der Waals surface area contributed by atoms with Crippen LogP contribution in [0.15, 0.2) is 18.2 Å². The summed E-state index contributed by atoms with van der Waals surface area (Å²) in [6.07, 6.45) is 2.17. The summed E-state index contributed by atoms with van der Waals surface area (Å²) in [5.41, 5.74) is 3.63. The van der Waals surface area contributed by atoms with Crippen LogP contribution in [-0.2, 0) is 11.8 Å². The molecule has 3 heteroatoms. The summed E-state index contributed by atoms with van der Waals surface area (Å²) in [5, 5.41) is 0.823. The molecular formula is C12H15BrN2. The van der Waals surface area contributed by atoms with Crippen LogP contribution in [0.3, 0.4) is 0 Å². The molecule has 0 atom stereocenters. The largest absolute Gasteiger partial charge is 0.301 e. The maximum absolute atomic E-state index is 4.67. The van der Waals surface area contributed by atoms with Crippen molar-refractivity contribution in [1.29, 1.82) is 0 Å². The Labute approximate surface area is 98.5 Å². The number of pyridine rings is 1. The summed E-state index contributed by atoms with van der Waals surface area (Å²) in [7, 11) is 0. The molecule has 0 bridgehead atoms. The highest BCUT2D eigenvalue weighted by Gasteiger charge is 2.10. The van der Waals surface area contributed by atoms with E-state index in [0.29, 0.717) is 0 Å². The second-order valence-corrected chi connectivity index (χ2v) is 4.31. The number of rotatable bonds is 3. The molecule has 0 saturated heterocycles. The molecule has 0 spiro atoms. The maximum atomic E-state index is 4.67. The summed E-state index contributed by atoms with van der Waals surface area (Å²) in [6, 6.07) is 6.36. The highest BCUT2D eigenvalue weighted by molar-refractivity contribution is 9.08. The lowest BCUT2D eigenvalue weighted by Crippen LogP contribution is -1.97. The average Bonchev–Trinajstić information content (AvgIpc) is 2.59. The first-order valence-corrected chi connectivity index (χ1v) is 6.41. The Morgan fingerprint density at radius 2 is 2.20 bits per heavy atom. The Morgan fingerprint density at radius 3 is 2.87 bits per heavy atom. The van der Waals surface area contributed by atoms with E-state index in [-0.39, 0.29) is 0 Å². The average molecular weight is 267 g/mol. The van der Waals surface area contributed by atoms with Crippen molar-refractivity contribution >= 4 is 21.4 Å². The minimum absolute atomic E-state index is 0.823. The van der Waals surface area contributed by atoms with Gasteiger partial charge in [-0.05, 0) is 25.5 Å². The molecule has 15 heavy (non-hydrogen) atoms. The van der Waals surface area contributed by atoms with Crippen LogP contribution >= 0.6 is 15.9 Å². The zero-order valence-corrected chi connectivity index (χ0v) is 10.7. The predicted octanol–water partition coefficient (Wildman–Crippen LogP) is 3.49. The second-order valence-electron chi connectivity index (χ2n) is 3.75. The highest BCUT2D eigenvalue weighted by Crippen LogP contribution is 2.18. The molecule has 0 aromatic carbocycles. The molecule has 2 aromatic rings. The first kappa shape index (κ1) is 10.7. The van der Waals surface area contributed by atoms with Crippen molar-refractivity contribution in [3.8, 4) is 0 Å². The van der Waals surface area contributed by atoms with E-state index in [1.54, 1.807) is 0 Å². The summed E-state index contributed by atoms with van der Waals surface area (Å²) >= 11 is 3.49. The molecule has 2 nitrogen and oxygen atoms in total. The van der Waals surface area contributed by atoms with Crippen molar-refractivity contribution in [1.82, 2.24) is 9.38 Å². The molecule has 80 valence electrons. The number of alkyl halides is 1. The second kappa shape index (κ2) is 4.35. The molecule has 0 unspecified atom stereocenters. The van der Waals surface area contributed by atoms with Crippen LogP contribution in [0.1, 0.15) is 30.6 Å². The number of fused-ring (bicyclic) bond motifs is 1. The number of hydrogen-bond acceptors (Lipinski definition) is 1. The highest BCUT2D eigenvalue weighted by atomic mass is 79.9. The molecule has 2 rings (SSSR count). The van der Waals surface area contributed by atoms with Gasteiger partial charge in [-0.1, -0.05) is 28.9 Å². The van der Waals surface area contributed by atoms with Gasteiger partial charge >= 0.3 is 0 Å². The van der Waals surface area contributed by atoms with Crippen molar-refractivity contribution in [2.75, 3.05) is 0 Å². The van der Waals surface area contributed by atoms with Gasteiger partial charge in [0.15, 0.2) is 0 Å². The number of halogens is 1. The predicted molar refractivity (Wildman–Crippen MR) is 66.6 cm³/mol. The van der Waals surface area contributed by atoms with Crippen molar-refractivity contribution in [2.45, 2.75) is 32.0 Å². The van der Waals surface area contributed by atoms with Crippen molar-refractivity contribution < 1.29 is 0 Å². The van der Waals surface area contributed by atoms with Crippen LogP contribution in [0.25, 0.3) is 5.52 Å². The van der Waals surface area contributed by atoms with E-state index in [1.807, 2.05) is 0 Å². The molecule has 0 aliphatic rings. The summed E-state index contributed by atoms with van der Waals surface area (Å²) < 4.78 is 2.26. The van der Waals surface area contributed by atoms with Gasteiger partial charge in [0.05, 0.1) is 11.2 Å². The number of imidazole rings is 1. The third kappa shape index (κ3) is 1.81. The Kier molecular flexibility index (Phi) is 3.10. The van der Waals surface area contributed by atoms with E-state index in [1.165, 1.54) is 17.0 Å². The van der Waals surface area contributed by atoms with Crippen molar-refractivity contribution in [3.05, 3.63) is 35.4 Å². The molecular weight excluding hydrogens is 252 g/mol. The molecule has 0 aliphatic carbocycles. The first-order valence-electron chi connectivity index (χ1n) is 5.29. The molecule has 0 N–H and O–H groups in total. The van der Waals surface area contributed by atoms with Gasteiger partial charge in [-0.15, -0.1) is 0 Å². The van der Waals surface area contributed by atoms with Gasteiger partial charge in [0, 0.05) is 17.4 Å². The topological polar surface area (TPSA) is 17.3 Å². The zero-order chi connectivity index (χ0) is 10.8. The normalized spacial score (nSPS) is 11.1. The van der Waals surface area contributed by atoms with Crippen LogP contribution in [0, 0.1) is 6.92 Å². The Balaban J connectivity index is 2.70. The molecule has 2 heterocycles. The first-order chi connectivity index (χ1) is 7.27. The standard InChI is InChI=1S/C12H15BrN2/c1-3-5-12-14-10(8-13)11-7-4-6-9(2)15(11)12/h4,6-7H,3,5,8H2,1-2H3. The quantitative estimate of drug-likeness (QED) is 0.778. The van der Waals surface area contributed by atoms with Gasteiger partial charge in [0.1, 0.15) is 5.82 Å². The number of aromatic nitrogens is 2. The minimum Gasteiger partial charge on any atom is -0.301 e. The van der Waals surface area contributed by atoms with Crippen LogP contribution < -0.4 is 0 Å². The number of aryl methyl sites for hydroxylation is 2. The lowest BCUT2D eigenvalue weighted by molar-refractivity contribution is 0.818. The summed E-state index contributed by atoms with van der Waals surface area (Å²) in [6.45, 7) is 4.32. The minimum atomic E-state index is 0.823. The number of hydrogen-bond donors (Lipinski definition) is 0. The third-order valence-corrected chi connectivity index (χ3v) is 3.13. The van der Waals surface area contributed by atoms with Crippen molar-refractivity contribution in [3.63, 3.8) is 0 Å². The fourth-order valence-corrected chi connectivity index (χ4v) is 2.35. The molecule has 0 aliphatic heterocycles. The molecule has 0 radical (unpaired) electrons.